The van der Waals surface area contributed by atoms with Crippen molar-refractivity contribution in [1.29, 1.82) is 0 Å². The molecule has 0 aliphatic rings. The first kappa shape index (κ1) is 19.8. The van der Waals surface area contributed by atoms with Crippen LogP contribution in [0, 0.1) is 0 Å². The molecule has 7 nitrogen and oxygen atoms in total. The van der Waals surface area contributed by atoms with Crippen LogP contribution in [0.3, 0.4) is 0 Å². The number of furan rings is 1. The minimum Gasteiger partial charge on any atom is -0.459 e. The zero-order valence-electron chi connectivity index (χ0n) is 13.6. The van der Waals surface area contributed by atoms with E-state index in [2.05, 4.69) is 10.2 Å². The largest absolute Gasteiger partial charge is 0.459 e. The molecule has 0 atom stereocenters. The summed E-state index contributed by atoms with van der Waals surface area (Å²) in [6.07, 6.45) is -0.973. The molecule has 2 rings (SSSR count). The number of amides is 2. The van der Waals surface area contributed by atoms with E-state index in [-0.39, 0.29) is 5.76 Å². The van der Waals surface area contributed by atoms with Crippen molar-refractivity contribution >= 4 is 23.9 Å². The van der Waals surface area contributed by atoms with Gasteiger partial charge in [0.1, 0.15) is 0 Å². The molecule has 0 radical (unpaired) electrons. The second-order valence-electron chi connectivity index (χ2n) is 5.04. The predicted octanol–water partition coefficient (Wildman–Crippen LogP) is 2.32. The van der Waals surface area contributed by atoms with E-state index in [1.165, 1.54) is 36.6 Å². The summed E-state index contributed by atoms with van der Waals surface area (Å²) in [5, 5.41) is 0. The highest BCUT2D eigenvalue weighted by atomic mass is 19.4. The zero-order valence-corrected chi connectivity index (χ0v) is 13.6. The van der Waals surface area contributed by atoms with E-state index in [9.17, 15) is 27.6 Å². The second-order valence-corrected chi connectivity index (χ2v) is 5.04. The van der Waals surface area contributed by atoms with E-state index < -0.39 is 36.1 Å². The Morgan fingerprint density at radius 3 is 2.37 bits per heavy atom. The van der Waals surface area contributed by atoms with Crippen LogP contribution in [0.2, 0.25) is 0 Å². The van der Waals surface area contributed by atoms with Gasteiger partial charge in [0.25, 0.3) is 5.91 Å². The first-order chi connectivity index (χ1) is 12.8. The molecule has 27 heavy (non-hydrogen) atoms. The number of alkyl halides is 3. The number of hydrogen-bond acceptors (Lipinski definition) is 5. The molecule has 0 saturated heterocycles. The van der Waals surface area contributed by atoms with Gasteiger partial charge in [-0.1, -0.05) is 12.1 Å². The number of nitrogens with one attached hydrogen (secondary N) is 2. The summed E-state index contributed by atoms with van der Waals surface area (Å²) in [6.45, 7) is -0.672. The first-order valence-corrected chi connectivity index (χ1v) is 7.40. The van der Waals surface area contributed by atoms with Crippen molar-refractivity contribution in [1.82, 2.24) is 10.9 Å². The van der Waals surface area contributed by atoms with Crippen molar-refractivity contribution in [3.05, 3.63) is 65.6 Å². The van der Waals surface area contributed by atoms with E-state index in [4.69, 9.17) is 4.42 Å². The van der Waals surface area contributed by atoms with E-state index in [1.807, 2.05) is 5.43 Å². The van der Waals surface area contributed by atoms with Crippen LogP contribution in [-0.2, 0) is 20.5 Å². The molecule has 2 N–H and O–H groups in total. The fourth-order valence-electron chi connectivity index (χ4n) is 1.76. The van der Waals surface area contributed by atoms with E-state index in [1.54, 1.807) is 0 Å². The summed E-state index contributed by atoms with van der Waals surface area (Å²) >= 11 is 0. The molecule has 1 aromatic heterocycles. The van der Waals surface area contributed by atoms with Crippen molar-refractivity contribution in [2.24, 2.45) is 0 Å². The average molecular weight is 382 g/mol. The molecule has 142 valence electrons. The maximum atomic E-state index is 12.4. The van der Waals surface area contributed by atoms with Gasteiger partial charge >= 0.3 is 18.1 Å². The molecule has 2 amide bonds. The molecule has 0 bridgehead atoms. The Bertz CT molecular complexity index is 827. The Hall–Kier alpha value is -3.56. The van der Waals surface area contributed by atoms with E-state index in [0.29, 0.717) is 5.56 Å². The lowest BCUT2D eigenvalue weighted by Crippen LogP contribution is -2.43. The number of rotatable bonds is 5. The second kappa shape index (κ2) is 8.70. The number of hydrogen-bond donors (Lipinski definition) is 2. The summed E-state index contributed by atoms with van der Waals surface area (Å²) in [5.74, 6) is -2.40. The van der Waals surface area contributed by atoms with Gasteiger partial charge < -0.3 is 9.15 Å². The predicted molar refractivity (Wildman–Crippen MR) is 85.8 cm³/mol. The number of esters is 1. The Balaban J connectivity index is 1.74. The van der Waals surface area contributed by atoms with Crippen LogP contribution in [0.1, 0.15) is 21.7 Å². The van der Waals surface area contributed by atoms with Gasteiger partial charge in [0.15, 0.2) is 12.4 Å². The standard InChI is InChI=1S/C17H13F3N2O5/c18-17(19,20)12-6-3-11(4-7-12)5-8-15(24)27-10-14(23)21-22-16(25)13-2-1-9-26-13/h1-9H,10H2,(H,21,23)(H,22,25)/b8-5+. The van der Waals surface area contributed by atoms with Crippen LogP contribution < -0.4 is 10.9 Å². The van der Waals surface area contributed by atoms with Gasteiger partial charge in [-0.05, 0) is 35.9 Å². The van der Waals surface area contributed by atoms with Gasteiger partial charge in [-0.3, -0.25) is 20.4 Å². The number of hydrazine groups is 1. The number of ether oxygens (including phenoxy) is 1. The summed E-state index contributed by atoms with van der Waals surface area (Å²) in [7, 11) is 0. The molecule has 10 heteroatoms. The van der Waals surface area contributed by atoms with Crippen molar-refractivity contribution < 1.29 is 36.7 Å². The van der Waals surface area contributed by atoms with Crippen molar-refractivity contribution in [2.75, 3.05) is 6.61 Å². The Morgan fingerprint density at radius 2 is 1.78 bits per heavy atom. The summed E-state index contributed by atoms with van der Waals surface area (Å²) in [5.41, 5.74) is 3.60. The first-order valence-electron chi connectivity index (χ1n) is 7.40. The summed E-state index contributed by atoms with van der Waals surface area (Å²) in [4.78, 5) is 34.4. The third kappa shape index (κ3) is 6.34. The van der Waals surface area contributed by atoms with Crippen molar-refractivity contribution in [2.45, 2.75) is 6.18 Å². The van der Waals surface area contributed by atoms with Gasteiger partial charge in [-0.25, -0.2) is 4.79 Å². The van der Waals surface area contributed by atoms with Crippen LogP contribution in [-0.4, -0.2) is 24.4 Å². The van der Waals surface area contributed by atoms with Crippen LogP contribution in [0.15, 0.2) is 53.2 Å². The summed E-state index contributed by atoms with van der Waals surface area (Å²) in [6, 6.07) is 6.99. The van der Waals surface area contributed by atoms with Crippen LogP contribution >= 0.6 is 0 Å². The molecule has 0 spiro atoms. The normalized spacial score (nSPS) is 11.2. The van der Waals surface area contributed by atoms with E-state index >= 15 is 0 Å². The molecule has 0 aliphatic heterocycles. The molecule has 2 aromatic rings. The molecule has 0 fully saturated rings. The highest BCUT2D eigenvalue weighted by Gasteiger charge is 2.29. The summed E-state index contributed by atoms with van der Waals surface area (Å²) < 4.78 is 46.8. The maximum absolute atomic E-state index is 12.4. The lowest BCUT2D eigenvalue weighted by Gasteiger charge is -2.06. The molecular weight excluding hydrogens is 369 g/mol. The highest BCUT2D eigenvalue weighted by Crippen LogP contribution is 2.29. The Labute approximate surface area is 150 Å². The topological polar surface area (TPSA) is 97.6 Å². The van der Waals surface area contributed by atoms with Crippen LogP contribution in [0.4, 0.5) is 13.2 Å². The average Bonchev–Trinajstić information content (AvgIpc) is 3.17. The molecule has 0 unspecified atom stereocenters. The van der Waals surface area contributed by atoms with Crippen molar-refractivity contribution in [3.63, 3.8) is 0 Å². The van der Waals surface area contributed by atoms with Crippen LogP contribution in [0.5, 0.6) is 0 Å². The van der Waals surface area contributed by atoms with Crippen molar-refractivity contribution in [3.8, 4) is 0 Å². The molecule has 1 aromatic carbocycles. The molecule has 1 heterocycles. The highest BCUT2D eigenvalue weighted by molar-refractivity contribution is 5.93. The number of halogens is 3. The van der Waals surface area contributed by atoms with Crippen LogP contribution in [0.25, 0.3) is 6.08 Å². The van der Waals surface area contributed by atoms with E-state index in [0.717, 1.165) is 18.2 Å². The van der Waals surface area contributed by atoms with Gasteiger partial charge in [0, 0.05) is 6.08 Å². The van der Waals surface area contributed by atoms with Gasteiger partial charge in [0.2, 0.25) is 0 Å². The fourth-order valence-corrected chi connectivity index (χ4v) is 1.76. The minimum atomic E-state index is -4.44. The number of carbonyl (C=O) groups is 3. The fraction of sp³-hybridized carbons (Fsp3) is 0.118. The van der Waals surface area contributed by atoms with Gasteiger partial charge in [-0.2, -0.15) is 13.2 Å². The van der Waals surface area contributed by atoms with Gasteiger partial charge in [0.05, 0.1) is 11.8 Å². The number of benzene rings is 1. The van der Waals surface area contributed by atoms with Gasteiger partial charge in [-0.15, -0.1) is 0 Å². The monoisotopic (exact) mass is 382 g/mol. The zero-order chi connectivity index (χ0) is 19.9. The third-order valence-electron chi connectivity index (χ3n) is 3.06. The third-order valence-corrected chi connectivity index (χ3v) is 3.06. The quantitative estimate of drug-likeness (QED) is 0.470. The molecule has 0 saturated carbocycles. The lowest BCUT2D eigenvalue weighted by atomic mass is 10.1. The lowest BCUT2D eigenvalue weighted by molar-refractivity contribution is -0.144. The molecular formula is C17H13F3N2O5. The Kier molecular flexibility index (Phi) is 6.36. The smallest absolute Gasteiger partial charge is 0.416 e. The minimum absolute atomic E-state index is 0.0215. The SMILES string of the molecule is O=C(COC(=O)/C=C/c1ccc(C(F)(F)F)cc1)NNC(=O)c1ccco1. The Morgan fingerprint density at radius 1 is 1.07 bits per heavy atom. The maximum Gasteiger partial charge on any atom is 0.416 e. The molecule has 0 aliphatic carbocycles. The number of carbonyl (C=O) groups excluding carboxylic acids is 3.